The predicted octanol–water partition coefficient (Wildman–Crippen LogP) is 7.03. The average Bonchev–Trinajstić information content (AvgIpc) is 2.99. The Bertz CT molecular complexity index is 1380. The Morgan fingerprint density at radius 2 is 0.667 bits per heavy atom. The monoisotopic (exact) mass is 656 g/mol. The molecule has 0 bridgehead atoms. The van der Waals surface area contributed by atoms with Gasteiger partial charge in [-0.25, -0.2) is 0 Å². The van der Waals surface area contributed by atoms with E-state index in [1.807, 2.05) is 115 Å². The first-order valence-electron chi connectivity index (χ1n) is 12.4. The Balaban J connectivity index is 1.76. The first-order valence-corrected chi connectivity index (χ1v) is 24.0. The predicted molar refractivity (Wildman–Crippen MR) is 170 cm³/mol. The molecule has 0 unspecified atom stereocenters. The molecule has 0 aliphatic heterocycles. The van der Waals surface area contributed by atoms with Gasteiger partial charge >= 0.3 is 237 Å². The van der Waals surface area contributed by atoms with E-state index in [1.54, 1.807) is 0 Å². The van der Waals surface area contributed by atoms with Crippen LogP contribution in [0.4, 0.5) is 21.0 Å². The van der Waals surface area contributed by atoms with Crippen LogP contribution >= 0.6 is 17.7 Å². The summed E-state index contributed by atoms with van der Waals surface area (Å²) in [7, 11) is 2.57. The van der Waals surface area contributed by atoms with Gasteiger partial charge in [0.1, 0.15) is 0 Å². The number of amides is 2. The molecule has 0 aromatic heterocycles. The van der Waals surface area contributed by atoms with Gasteiger partial charge in [-0.15, -0.1) is 0 Å². The van der Waals surface area contributed by atoms with Crippen molar-refractivity contribution in [2.24, 2.45) is 0 Å². The van der Waals surface area contributed by atoms with Crippen LogP contribution in [0, 0.1) is 0 Å². The molecule has 0 saturated heterocycles. The standard InChI is InChI=1S/2C7H7NOS.3C6H5.Sb/c2*9-7(10)8-6-4-2-1-3-5-6;3*1-2-4-6-5-3-1;/h2*1-5H,(H2,8,9,10);3*1-5H;/q;;;;;+2/p-2. The zero-order chi connectivity index (χ0) is 27.0. The zero-order valence-electron chi connectivity index (χ0n) is 21.0. The van der Waals surface area contributed by atoms with Crippen LogP contribution in [0.2, 0.25) is 0 Å². The molecule has 0 aliphatic rings. The number of carbonyl (C=O) groups excluding carboxylic acids is 2. The van der Waals surface area contributed by atoms with Crippen LogP contribution in [-0.2, 0) is 0 Å². The summed E-state index contributed by atoms with van der Waals surface area (Å²) in [6.07, 6.45) is 0. The van der Waals surface area contributed by atoms with Crippen LogP contribution in [0.15, 0.2) is 152 Å². The Morgan fingerprint density at radius 1 is 0.410 bits per heavy atom. The van der Waals surface area contributed by atoms with Gasteiger partial charge in [-0.1, -0.05) is 0 Å². The van der Waals surface area contributed by atoms with Gasteiger partial charge < -0.3 is 0 Å². The second-order valence-electron chi connectivity index (χ2n) is 8.70. The van der Waals surface area contributed by atoms with Crippen LogP contribution in [0.5, 0.6) is 0 Å². The quantitative estimate of drug-likeness (QED) is 0.185. The molecule has 0 atom stereocenters. The van der Waals surface area contributed by atoms with Gasteiger partial charge in [0.05, 0.1) is 0 Å². The Hall–Kier alpha value is -3.44. The zero-order valence-corrected chi connectivity index (χ0v) is 25.2. The van der Waals surface area contributed by atoms with Crippen LogP contribution in [-0.4, -0.2) is 25.1 Å². The number of benzene rings is 5. The first kappa shape index (κ1) is 27.1. The van der Waals surface area contributed by atoms with Crippen LogP contribution < -0.4 is 21.2 Å². The summed E-state index contributed by atoms with van der Waals surface area (Å²) in [4.78, 5) is 28.1. The van der Waals surface area contributed by atoms with Gasteiger partial charge in [0.25, 0.3) is 0 Å². The van der Waals surface area contributed by atoms with E-state index < -0.39 is 14.6 Å². The maximum atomic E-state index is 14.1. The maximum absolute atomic E-state index is 14.1. The SMILES string of the molecule is O=C(Nc1ccccc1)[S][Sb]([S]C(=O)Nc1ccccc1)([c]1ccccc1)([c]1ccccc1)[c]1ccccc1. The number of nitrogens with one attached hydrogen (secondary N) is 2. The van der Waals surface area contributed by atoms with Gasteiger partial charge in [-0.3, -0.25) is 0 Å². The summed E-state index contributed by atoms with van der Waals surface area (Å²) in [5.74, 6) is 0. The van der Waals surface area contributed by atoms with E-state index in [9.17, 15) is 9.59 Å². The van der Waals surface area contributed by atoms with E-state index in [0.717, 1.165) is 10.5 Å². The molecule has 0 spiro atoms. The normalized spacial score (nSPS) is 12.1. The fourth-order valence-corrected chi connectivity index (χ4v) is 35.1. The number of para-hydroxylation sites is 2. The average molecular weight is 657 g/mol. The van der Waals surface area contributed by atoms with Crippen molar-refractivity contribution in [3.05, 3.63) is 152 Å². The van der Waals surface area contributed by atoms with E-state index in [2.05, 4.69) is 47.0 Å². The van der Waals surface area contributed by atoms with E-state index in [4.69, 9.17) is 0 Å². The summed E-state index contributed by atoms with van der Waals surface area (Å²) in [5, 5.41) is 5.75. The second-order valence-corrected chi connectivity index (χ2v) is 34.2. The van der Waals surface area contributed by atoms with Gasteiger partial charge in [0, 0.05) is 0 Å². The Morgan fingerprint density at radius 3 is 0.949 bits per heavy atom. The topological polar surface area (TPSA) is 58.2 Å². The molecule has 0 fully saturated rings. The second kappa shape index (κ2) is 12.2. The van der Waals surface area contributed by atoms with Gasteiger partial charge in [-0.2, -0.15) is 0 Å². The van der Waals surface area contributed by atoms with Crippen molar-refractivity contribution < 1.29 is 9.59 Å². The van der Waals surface area contributed by atoms with Crippen molar-refractivity contribution in [2.75, 3.05) is 10.6 Å². The van der Waals surface area contributed by atoms with Crippen molar-refractivity contribution >= 4 is 64.7 Å². The molecule has 0 radical (unpaired) electrons. The van der Waals surface area contributed by atoms with Crippen LogP contribution in [0.1, 0.15) is 0 Å². The fraction of sp³-hybridized carbons (Fsp3) is 0. The fourth-order valence-electron chi connectivity index (χ4n) is 4.52. The van der Waals surface area contributed by atoms with E-state index in [0.29, 0.717) is 11.4 Å². The Labute approximate surface area is 235 Å². The van der Waals surface area contributed by atoms with Crippen molar-refractivity contribution in [3.8, 4) is 0 Å². The molecule has 2 N–H and O–H groups in total. The van der Waals surface area contributed by atoms with E-state index in [1.165, 1.54) is 17.7 Å². The number of hydrogen-bond donors (Lipinski definition) is 2. The molecule has 5 rings (SSSR count). The summed E-state index contributed by atoms with van der Waals surface area (Å²) >= 11 is -5.12. The molecular weight excluding hydrogens is 630 g/mol. The molecule has 4 nitrogen and oxygen atoms in total. The molecule has 0 saturated carbocycles. The number of carbonyl (C=O) groups is 2. The minimum absolute atomic E-state index is 0.209. The van der Waals surface area contributed by atoms with Crippen LogP contribution in [0.3, 0.4) is 0 Å². The molecule has 7 heteroatoms. The Kier molecular flexibility index (Phi) is 8.47. The third kappa shape index (κ3) is 5.64. The summed E-state index contributed by atoms with van der Waals surface area (Å²) in [6.45, 7) is 0. The number of anilines is 2. The molecule has 5 aromatic rings. The molecule has 0 aliphatic carbocycles. The van der Waals surface area contributed by atoms with Crippen molar-refractivity contribution in [3.63, 3.8) is 0 Å². The van der Waals surface area contributed by atoms with Crippen molar-refractivity contribution in [2.45, 2.75) is 0 Å². The van der Waals surface area contributed by atoms with Crippen molar-refractivity contribution in [1.29, 1.82) is 0 Å². The minimum atomic E-state index is -5.12. The molecule has 2 amide bonds. The first-order chi connectivity index (χ1) is 19.1. The third-order valence-electron chi connectivity index (χ3n) is 6.23. The van der Waals surface area contributed by atoms with Crippen molar-refractivity contribution in [1.82, 2.24) is 0 Å². The molecule has 39 heavy (non-hydrogen) atoms. The van der Waals surface area contributed by atoms with E-state index >= 15 is 0 Å². The molecule has 194 valence electrons. The third-order valence-corrected chi connectivity index (χ3v) is 38.3. The number of hydrogen-bond acceptors (Lipinski definition) is 4. The van der Waals surface area contributed by atoms with Gasteiger partial charge in [-0.05, 0) is 0 Å². The summed E-state index contributed by atoms with van der Waals surface area (Å²) in [6, 6.07) is 49.0. The van der Waals surface area contributed by atoms with Crippen LogP contribution in [0.25, 0.3) is 0 Å². The molecule has 5 aromatic carbocycles. The van der Waals surface area contributed by atoms with Gasteiger partial charge in [0.2, 0.25) is 0 Å². The molecule has 0 heterocycles. The molecular formula is C32H27N2O2S2Sb. The summed E-state index contributed by atoms with van der Waals surface area (Å²) < 4.78 is 2.97. The van der Waals surface area contributed by atoms with E-state index in [-0.39, 0.29) is 10.5 Å². The summed E-state index contributed by atoms with van der Waals surface area (Å²) in [5.41, 5.74) is 1.41. The van der Waals surface area contributed by atoms with Gasteiger partial charge in [0.15, 0.2) is 0 Å². The number of rotatable bonds is 7.